The SMILES string of the molecule is CCN(CC)CCS[C@@H]1Cc2cc(Cl)ccc2Sc2ccccc21. The van der Waals surface area contributed by atoms with E-state index in [1.54, 1.807) is 0 Å². The Morgan fingerprint density at radius 2 is 1.92 bits per heavy atom. The fourth-order valence-electron chi connectivity index (χ4n) is 3.09. The number of halogens is 1. The zero-order valence-electron chi connectivity index (χ0n) is 14.3. The topological polar surface area (TPSA) is 3.24 Å². The first kappa shape index (κ1) is 18.2. The number of benzene rings is 2. The molecule has 0 aromatic heterocycles. The molecular formula is C20H24ClNS2. The van der Waals surface area contributed by atoms with Crippen molar-refractivity contribution in [2.75, 3.05) is 25.4 Å². The predicted molar refractivity (Wildman–Crippen MR) is 109 cm³/mol. The second kappa shape index (κ2) is 8.66. The number of nitrogens with zero attached hydrogens (tertiary/aromatic N) is 1. The minimum absolute atomic E-state index is 0.504. The molecule has 4 heteroatoms. The summed E-state index contributed by atoms with van der Waals surface area (Å²) in [5.41, 5.74) is 2.85. The first-order valence-electron chi connectivity index (χ1n) is 8.60. The van der Waals surface area contributed by atoms with Crippen LogP contribution in [-0.4, -0.2) is 30.3 Å². The fourth-order valence-corrected chi connectivity index (χ4v) is 5.81. The highest BCUT2D eigenvalue weighted by molar-refractivity contribution is 8.00. The highest BCUT2D eigenvalue weighted by atomic mass is 35.5. The maximum absolute atomic E-state index is 6.25. The fraction of sp³-hybridized carbons (Fsp3) is 0.400. The van der Waals surface area contributed by atoms with Crippen molar-refractivity contribution in [3.63, 3.8) is 0 Å². The van der Waals surface area contributed by atoms with E-state index in [4.69, 9.17) is 11.6 Å². The van der Waals surface area contributed by atoms with Crippen molar-refractivity contribution in [2.24, 2.45) is 0 Å². The Bertz CT molecular complexity index is 685. The molecule has 0 unspecified atom stereocenters. The maximum atomic E-state index is 6.25. The standard InChI is InChI=1S/C20H24ClNS2/c1-3-22(4-2)11-12-23-20-14-15-13-16(21)9-10-18(15)24-19-8-6-5-7-17(19)20/h5-10,13,20H,3-4,11-12,14H2,1-2H3/t20-/m1/s1. The van der Waals surface area contributed by atoms with E-state index in [0.29, 0.717) is 5.25 Å². The molecule has 1 atom stereocenters. The second-order valence-electron chi connectivity index (χ2n) is 5.98. The summed E-state index contributed by atoms with van der Waals surface area (Å²) in [6.45, 7) is 7.90. The van der Waals surface area contributed by atoms with Gasteiger partial charge < -0.3 is 4.90 Å². The van der Waals surface area contributed by atoms with E-state index in [1.165, 1.54) is 26.7 Å². The Morgan fingerprint density at radius 3 is 2.71 bits per heavy atom. The van der Waals surface area contributed by atoms with Crippen molar-refractivity contribution >= 4 is 35.1 Å². The Kier molecular flexibility index (Phi) is 6.56. The predicted octanol–water partition coefficient (Wildman–Crippen LogP) is 6.16. The summed E-state index contributed by atoms with van der Waals surface area (Å²) in [5, 5.41) is 1.34. The molecule has 0 saturated heterocycles. The Labute approximate surface area is 159 Å². The smallest absolute Gasteiger partial charge is 0.0409 e. The van der Waals surface area contributed by atoms with E-state index in [1.807, 2.05) is 17.8 Å². The van der Waals surface area contributed by atoms with Gasteiger partial charge in [-0.15, -0.1) is 0 Å². The molecule has 128 valence electrons. The summed E-state index contributed by atoms with van der Waals surface area (Å²) in [5.74, 6) is 1.17. The highest BCUT2D eigenvalue weighted by Crippen LogP contribution is 2.46. The Hall–Kier alpha value is -0.610. The quantitative estimate of drug-likeness (QED) is 0.593. The third kappa shape index (κ3) is 4.32. The lowest BCUT2D eigenvalue weighted by atomic mass is 10.0. The molecule has 0 bridgehead atoms. The van der Waals surface area contributed by atoms with Crippen LogP contribution in [-0.2, 0) is 6.42 Å². The van der Waals surface area contributed by atoms with Crippen LogP contribution >= 0.6 is 35.1 Å². The normalized spacial score (nSPS) is 16.6. The molecule has 2 aromatic rings. The molecule has 0 spiro atoms. The summed E-state index contributed by atoms with van der Waals surface area (Å²) in [7, 11) is 0. The average Bonchev–Trinajstić information content (AvgIpc) is 2.75. The summed E-state index contributed by atoms with van der Waals surface area (Å²) in [6.07, 6.45) is 1.06. The van der Waals surface area contributed by atoms with Gasteiger partial charge in [-0.25, -0.2) is 0 Å². The molecule has 0 N–H and O–H groups in total. The molecule has 3 rings (SSSR count). The molecule has 0 radical (unpaired) electrons. The monoisotopic (exact) mass is 377 g/mol. The molecule has 0 saturated carbocycles. The zero-order chi connectivity index (χ0) is 16.9. The summed E-state index contributed by atoms with van der Waals surface area (Å²) < 4.78 is 0. The van der Waals surface area contributed by atoms with Crippen molar-refractivity contribution in [3.05, 3.63) is 58.6 Å². The number of hydrogen-bond acceptors (Lipinski definition) is 3. The number of thioether (sulfide) groups is 1. The van der Waals surface area contributed by atoms with Gasteiger partial charge >= 0.3 is 0 Å². The molecule has 24 heavy (non-hydrogen) atoms. The van der Waals surface area contributed by atoms with Gasteiger partial charge in [0.25, 0.3) is 0 Å². The van der Waals surface area contributed by atoms with Gasteiger partial charge in [-0.1, -0.05) is 55.4 Å². The lowest BCUT2D eigenvalue weighted by molar-refractivity contribution is 0.323. The van der Waals surface area contributed by atoms with Gasteiger partial charge in [-0.3, -0.25) is 0 Å². The first-order chi connectivity index (χ1) is 11.7. The van der Waals surface area contributed by atoms with Crippen molar-refractivity contribution in [1.29, 1.82) is 0 Å². The molecule has 1 nitrogen and oxygen atoms in total. The summed E-state index contributed by atoms with van der Waals surface area (Å²) in [6, 6.07) is 15.2. The molecular weight excluding hydrogens is 354 g/mol. The van der Waals surface area contributed by atoms with Crippen LogP contribution in [0.4, 0.5) is 0 Å². The third-order valence-corrected chi connectivity index (χ3v) is 7.22. The lowest BCUT2D eigenvalue weighted by Crippen LogP contribution is -2.25. The minimum Gasteiger partial charge on any atom is -0.303 e. The van der Waals surface area contributed by atoms with E-state index in [-0.39, 0.29) is 0 Å². The number of hydrogen-bond donors (Lipinski definition) is 0. The van der Waals surface area contributed by atoms with Gasteiger partial charge in [-0.05, 0) is 54.9 Å². The molecule has 0 fully saturated rings. The van der Waals surface area contributed by atoms with Crippen molar-refractivity contribution in [1.82, 2.24) is 4.90 Å². The average molecular weight is 378 g/mol. The zero-order valence-corrected chi connectivity index (χ0v) is 16.7. The minimum atomic E-state index is 0.504. The third-order valence-electron chi connectivity index (χ3n) is 4.53. The Balaban J connectivity index is 1.81. The van der Waals surface area contributed by atoms with E-state index in [9.17, 15) is 0 Å². The van der Waals surface area contributed by atoms with Crippen molar-refractivity contribution < 1.29 is 0 Å². The summed E-state index contributed by atoms with van der Waals surface area (Å²) >= 11 is 10.2. The van der Waals surface area contributed by atoms with Gasteiger partial charge in [0.1, 0.15) is 0 Å². The molecule has 2 aromatic carbocycles. The van der Waals surface area contributed by atoms with Crippen LogP contribution in [0.15, 0.2) is 52.3 Å². The van der Waals surface area contributed by atoms with Crippen LogP contribution in [0.2, 0.25) is 5.02 Å². The van der Waals surface area contributed by atoms with Crippen LogP contribution in [0.25, 0.3) is 0 Å². The van der Waals surface area contributed by atoms with Gasteiger partial charge in [0.2, 0.25) is 0 Å². The van der Waals surface area contributed by atoms with Crippen molar-refractivity contribution in [2.45, 2.75) is 35.3 Å². The Morgan fingerprint density at radius 1 is 1.12 bits per heavy atom. The van der Waals surface area contributed by atoms with Gasteiger partial charge in [0.05, 0.1) is 0 Å². The second-order valence-corrected chi connectivity index (χ2v) is 8.81. The first-order valence-corrected chi connectivity index (χ1v) is 10.8. The summed E-state index contributed by atoms with van der Waals surface area (Å²) in [4.78, 5) is 5.23. The van der Waals surface area contributed by atoms with E-state index in [0.717, 1.165) is 31.1 Å². The van der Waals surface area contributed by atoms with Gasteiger partial charge in [-0.2, -0.15) is 11.8 Å². The van der Waals surface area contributed by atoms with Crippen LogP contribution in [0, 0.1) is 0 Å². The van der Waals surface area contributed by atoms with E-state index >= 15 is 0 Å². The number of fused-ring (bicyclic) bond motifs is 2. The van der Waals surface area contributed by atoms with Crippen LogP contribution in [0.3, 0.4) is 0 Å². The van der Waals surface area contributed by atoms with Crippen LogP contribution < -0.4 is 0 Å². The van der Waals surface area contributed by atoms with Crippen LogP contribution in [0.5, 0.6) is 0 Å². The lowest BCUT2D eigenvalue weighted by Gasteiger charge is -2.21. The molecule has 0 aliphatic carbocycles. The van der Waals surface area contributed by atoms with E-state index in [2.05, 4.69) is 66.9 Å². The maximum Gasteiger partial charge on any atom is 0.0409 e. The van der Waals surface area contributed by atoms with Crippen LogP contribution in [0.1, 0.15) is 30.2 Å². The molecule has 1 heterocycles. The van der Waals surface area contributed by atoms with Gasteiger partial charge in [0, 0.05) is 32.4 Å². The highest BCUT2D eigenvalue weighted by Gasteiger charge is 2.23. The number of rotatable bonds is 6. The van der Waals surface area contributed by atoms with Crippen molar-refractivity contribution in [3.8, 4) is 0 Å². The van der Waals surface area contributed by atoms with E-state index < -0.39 is 0 Å². The van der Waals surface area contributed by atoms with Gasteiger partial charge in [0.15, 0.2) is 0 Å². The molecule has 0 amide bonds. The molecule has 1 aliphatic heterocycles. The molecule has 1 aliphatic rings. The largest absolute Gasteiger partial charge is 0.303 e.